The van der Waals surface area contributed by atoms with E-state index in [1.54, 1.807) is 0 Å². The van der Waals surface area contributed by atoms with Crippen LogP contribution in [0.1, 0.15) is 44.6 Å². The van der Waals surface area contributed by atoms with Crippen LogP contribution in [0.25, 0.3) is 66.8 Å². The van der Waals surface area contributed by atoms with Crippen LogP contribution in [0.2, 0.25) is 0 Å². The third-order valence-electron chi connectivity index (χ3n) is 23.0. The van der Waals surface area contributed by atoms with E-state index < -0.39 is 0 Å². The lowest BCUT2D eigenvalue weighted by Crippen LogP contribution is -2.64. The topological polar surface area (TPSA) is 22.2 Å². The number of rotatable bonds is 18. The normalized spacial score (nSPS) is 12.6. The van der Waals surface area contributed by atoms with Gasteiger partial charge < -0.3 is 24.3 Å². The van der Waals surface area contributed by atoms with Crippen molar-refractivity contribution >= 4 is 114 Å². The Labute approximate surface area is 646 Å². The molecule has 4 heterocycles. The van der Waals surface area contributed by atoms with E-state index in [0.717, 1.165) is 160 Å². The van der Waals surface area contributed by atoms with Gasteiger partial charge in [0, 0.05) is 91.0 Å². The Hall–Kier alpha value is -13.4. The van der Waals surface area contributed by atoms with E-state index in [2.05, 4.69) is 409 Å². The molecule has 0 aromatic heterocycles. The number of fused-ring (bicyclic) bond motifs is 8. The van der Waals surface area contributed by atoms with Crippen molar-refractivity contribution in [2.24, 2.45) is 0 Å². The van der Waals surface area contributed by atoms with Gasteiger partial charge in [0.25, 0.3) is 13.4 Å². The summed E-state index contributed by atoms with van der Waals surface area (Å²) in [5, 5.41) is 0. The number of unbranched alkanes of at least 4 members (excludes halogenated alkanes) is 4. The number of para-hydroxylation sites is 7. The minimum Gasteiger partial charge on any atom is -0.458 e. The third kappa shape index (κ3) is 11.4. The Morgan fingerprint density at radius 3 is 1.00 bits per heavy atom. The minimum absolute atomic E-state index is 0.245. The molecule has 16 aromatic rings. The van der Waals surface area contributed by atoms with Gasteiger partial charge in [-0.15, -0.1) is 0 Å². The zero-order chi connectivity index (χ0) is 73.0. The van der Waals surface area contributed by atoms with E-state index in [0.29, 0.717) is 0 Å². The van der Waals surface area contributed by atoms with Crippen molar-refractivity contribution < 1.29 is 4.74 Å². The van der Waals surface area contributed by atoms with Crippen molar-refractivity contribution in [1.82, 2.24) is 0 Å². The molecule has 4 aliphatic rings. The lowest BCUT2D eigenvalue weighted by atomic mass is 9.30. The van der Waals surface area contributed by atoms with Gasteiger partial charge in [-0.3, -0.25) is 0 Å². The highest BCUT2D eigenvalue weighted by atomic mass is 16.5. The van der Waals surface area contributed by atoms with Crippen LogP contribution in [0.4, 0.5) is 68.2 Å². The molecule has 0 amide bonds. The smallest absolute Gasteiger partial charge is 0.256 e. The summed E-state index contributed by atoms with van der Waals surface area (Å²) >= 11 is 0. The maximum absolute atomic E-state index is 8.17. The molecule has 0 atom stereocenters. The maximum Gasteiger partial charge on any atom is 0.256 e. The first-order valence-electron chi connectivity index (χ1n) is 39.0. The van der Waals surface area contributed by atoms with E-state index in [1.165, 1.54) is 63.5 Å². The molecule has 4 aliphatic heterocycles. The van der Waals surface area contributed by atoms with E-state index >= 15 is 0 Å². The highest BCUT2D eigenvalue weighted by Gasteiger charge is 2.49. The van der Waals surface area contributed by atoms with Crippen LogP contribution >= 0.6 is 0 Å². The third-order valence-corrected chi connectivity index (χ3v) is 23.0. The zero-order valence-electron chi connectivity index (χ0n) is 61.5. The van der Waals surface area contributed by atoms with Gasteiger partial charge in [0.05, 0.1) is 22.7 Å². The summed E-state index contributed by atoms with van der Waals surface area (Å²) in [6.07, 6.45) is 6.77. The summed E-state index contributed by atoms with van der Waals surface area (Å²) in [6.45, 7) is 1.78. The molecule has 0 saturated carbocycles. The van der Waals surface area contributed by atoms with E-state index in [9.17, 15) is 0 Å². The standard InChI is InChI=1S/C103H78B2N4O/c1-2-3-4-5-14-38-71-65-94-99-95(66-71)109(103-85(76-47-23-10-24-48-76)59-37-60-86(103)77-49-25-11-26-50-77)93-70-97-90(69-89(93)104(99)87-61-31-33-63-91(87)107(94)101-81(72-39-15-6-16-40-72)55-35-56-82(101)73-41-17-7-18-42-73)105-88-62-32-34-64-92(88)108(102-83(74-43-19-8-20-44-74)57-36-58-84(102)75-45-21-9-22-46-75)96-67-80(68-98(110-97)100(96)105)106(78-51-27-12-28-52-78)79-53-29-13-30-54-79/h6-13,15-37,39-70H,2-5,14,38H2,1H3. The van der Waals surface area contributed by atoms with Crippen molar-refractivity contribution in [3.63, 3.8) is 0 Å². The van der Waals surface area contributed by atoms with Gasteiger partial charge in [0.15, 0.2) is 0 Å². The number of anilines is 12. The fraction of sp³-hybridized carbons (Fsp3) is 0.0680. The SMILES string of the molecule is CCCCCCCc1cc2c3c(c1)N(c1c(-c4ccccc4)cccc1-c1ccccc1)c1cc4c(cc1B3c1ccccc1N2c1c(-c2ccccc2)cccc1-c1ccccc1)B1c2ccccc2N(c2c(-c3ccccc3)cccc2-c2ccccc2)c2cc(N(c3ccccc3)c3ccccc3)cc(c21)O4. The van der Waals surface area contributed by atoms with Crippen LogP contribution in [0.5, 0.6) is 11.5 Å². The van der Waals surface area contributed by atoms with E-state index in [4.69, 9.17) is 4.74 Å². The van der Waals surface area contributed by atoms with Gasteiger partial charge in [-0.05, 0) is 139 Å². The van der Waals surface area contributed by atoms with Crippen LogP contribution < -0.4 is 57.1 Å². The van der Waals surface area contributed by atoms with Crippen LogP contribution in [0.3, 0.4) is 0 Å². The summed E-state index contributed by atoms with van der Waals surface area (Å²) in [6, 6.07) is 142. The van der Waals surface area contributed by atoms with Gasteiger partial charge in [0.1, 0.15) is 11.5 Å². The highest BCUT2D eigenvalue weighted by Crippen LogP contribution is 2.56. The van der Waals surface area contributed by atoms with Gasteiger partial charge in [-0.1, -0.05) is 348 Å². The second-order valence-electron chi connectivity index (χ2n) is 29.4. The Balaban J connectivity index is 0.906. The average molecular weight is 1410 g/mol. The molecule has 0 saturated heterocycles. The number of aryl methyl sites for hydroxylation is 1. The molecule has 110 heavy (non-hydrogen) atoms. The summed E-state index contributed by atoms with van der Waals surface area (Å²) in [5.74, 6) is 1.63. The Bertz CT molecular complexity index is 5890. The summed E-state index contributed by atoms with van der Waals surface area (Å²) < 4.78 is 8.17. The monoisotopic (exact) mass is 1410 g/mol. The summed E-state index contributed by atoms with van der Waals surface area (Å²) in [5.41, 5.74) is 35.3. The van der Waals surface area contributed by atoms with Gasteiger partial charge >= 0.3 is 0 Å². The van der Waals surface area contributed by atoms with Gasteiger partial charge in [-0.2, -0.15) is 0 Å². The van der Waals surface area contributed by atoms with Crippen LogP contribution in [0.15, 0.2) is 382 Å². The van der Waals surface area contributed by atoms with Crippen molar-refractivity contribution in [3.05, 3.63) is 388 Å². The van der Waals surface area contributed by atoms with Crippen molar-refractivity contribution in [2.45, 2.75) is 45.4 Å². The predicted octanol–water partition coefficient (Wildman–Crippen LogP) is 24.2. The lowest BCUT2D eigenvalue weighted by molar-refractivity contribution is 0.488. The predicted molar refractivity (Wildman–Crippen MR) is 466 cm³/mol. The number of benzene rings is 16. The Morgan fingerprint density at radius 2 is 0.600 bits per heavy atom. The van der Waals surface area contributed by atoms with Crippen molar-refractivity contribution in [2.75, 3.05) is 19.6 Å². The molecular weight excluding hydrogens is 1330 g/mol. The minimum atomic E-state index is -0.288. The first kappa shape index (κ1) is 66.1. The quantitative estimate of drug-likeness (QED) is 0.0629. The van der Waals surface area contributed by atoms with Crippen LogP contribution in [0, 0.1) is 0 Å². The molecule has 0 bridgehead atoms. The molecule has 5 nitrogen and oxygen atoms in total. The zero-order valence-corrected chi connectivity index (χ0v) is 61.5. The Morgan fingerprint density at radius 1 is 0.255 bits per heavy atom. The molecule has 522 valence electrons. The molecule has 0 fully saturated rings. The van der Waals surface area contributed by atoms with Crippen molar-refractivity contribution in [3.8, 4) is 78.3 Å². The second-order valence-corrected chi connectivity index (χ2v) is 29.4. The maximum atomic E-state index is 8.17. The molecule has 0 radical (unpaired) electrons. The molecule has 0 N–H and O–H groups in total. The molecule has 0 spiro atoms. The largest absolute Gasteiger partial charge is 0.458 e. The number of hydrogen-bond donors (Lipinski definition) is 0. The number of ether oxygens (including phenoxy) is 1. The van der Waals surface area contributed by atoms with E-state index in [1.807, 2.05) is 0 Å². The van der Waals surface area contributed by atoms with Crippen LogP contribution in [-0.4, -0.2) is 13.4 Å². The first-order valence-corrected chi connectivity index (χ1v) is 39.0. The molecular formula is C103H78B2N4O. The first-order chi connectivity index (χ1) is 54.6. The molecule has 7 heteroatoms. The molecule has 0 aliphatic carbocycles. The summed E-state index contributed by atoms with van der Waals surface area (Å²) in [4.78, 5) is 10.4. The average Bonchev–Trinajstić information content (AvgIpc) is 0.685. The van der Waals surface area contributed by atoms with Crippen LogP contribution in [-0.2, 0) is 6.42 Å². The Kier molecular flexibility index (Phi) is 17.1. The van der Waals surface area contributed by atoms with Crippen molar-refractivity contribution in [1.29, 1.82) is 0 Å². The van der Waals surface area contributed by atoms with Gasteiger partial charge in [-0.25, -0.2) is 0 Å². The summed E-state index contributed by atoms with van der Waals surface area (Å²) in [7, 11) is 0. The lowest BCUT2D eigenvalue weighted by Gasteiger charge is -2.47. The second kappa shape index (κ2) is 28.4. The number of hydrogen-bond acceptors (Lipinski definition) is 5. The molecule has 0 unspecified atom stereocenters. The highest BCUT2D eigenvalue weighted by molar-refractivity contribution is 7.02. The molecule has 16 aromatic carbocycles. The van der Waals surface area contributed by atoms with Gasteiger partial charge in [0.2, 0.25) is 0 Å². The fourth-order valence-electron chi connectivity index (χ4n) is 18.2. The fourth-order valence-corrected chi connectivity index (χ4v) is 18.2. The van der Waals surface area contributed by atoms with E-state index in [-0.39, 0.29) is 13.4 Å². The molecule has 20 rings (SSSR count). The number of nitrogens with zero attached hydrogens (tertiary/aromatic N) is 4.